The summed E-state index contributed by atoms with van der Waals surface area (Å²) in [6, 6.07) is 0. The van der Waals surface area contributed by atoms with Crippen LogP contribution in [0.1, 0.15) is 0 Å². The molecule has 0 bridgehead atoms. The molecule has 0 aliphatic heterocycles. The number of rotatable bonds is 2. The Morgan fingerprint density at radius 3 is 2.08 bits per heavy atom. The maximum Gasteiger partial charge on any atom is 0.433 e. The lowest BCUT2D eigenvalue weighted by Crippen LogP contribution is -2.26. The first kappa shape index (κ1) is 10.7. The average molecular weight is 180 g/mol. The van der Waals surface area contributed by atoms with E-state index in [0.717, 1.165) is 7.05 Å². The quantitative estimate of drug-likeness (QED) is 0.385. The zero-order valence-electron chi connectivity index (χ0n) is 6.22. The Balaban J connectivity index is 4.95. The van der Waals surface area contributed by atoms with E-state index in [1.54, 1.807) is 0 Å². The minimum absolute atomic E-state index is 0.00975. The average Bonchev–Trinajstić information content (AvgIpc) is 1.97. The molecule has 0 fully saturated rings. The van der Waals surface area contributed by atoms with Gasteiger partial charge in [-0.2, -0.15) is 13.2 Å². The van der Waals surface area contributed by atoms with Gasteiger partial charge in [0.05, 0.1) is 5.57 Å². The third-order valence-electron chi connectivity index (χ3n) is 1.07. The fourth-order valence-electron chi connectivity index (χ4n) is 0.594. The molecule has 6 heteroatoms. The zero-order valence-corrected chi connectivity index (χ0v) is 6.22. The Kier molecular flexibility index (Phi) is 3.46. The number of carbonyl (C=O) groups excluding carboxylic acids is 1. The van der Waals surface area contributed by atoms with Crippen LogP contribution in [0, 0.1) is 0 Å². The van der Waals surface area contributed by atoms with Gasteiger partial charge < -0.3 is 5.73 Å². The van der Waals surface area contributed by atoms with Gasteiger partial charge in [-0.25, -0.2) is 0 Å². The van der Waals surface area contributed by atoms with E-state index in [1.807, 2.05) is 0 Å². The smallest absolute Gasteiger partial charge is 0.404 e. The van der Waals surface area contributed by atoms with E-state index >= 15 is 0 Å². The molecule has 68 valence electrons. The maximum absolute atomic E-state index is 12.0. The highest BCUT2D eigenvalue weighted by Gasteiger charge is 2.37. The zero-order chi connectivity index (χ0) is 9.78. The Morgan fingerprint density at radius 1 is 1.50 bits per heavy atom. The maximum atomic E-state index is 12.0. The van der Waals surface area contributed by atoms with Gasteiger partial charge in [-0.05, 0) is 0 Å². The molecule has 0 saturated carbocycles. The summed E-state index contributed by atoms with van der Waals surface area (Å²) in [5.41, 5.74) is 2.86. The van der Waals surface area contributed by atoms with Crippen LogP contribution in [0.4, 0.5) is 13.2 Å². The fraction of sp³-hybridized carbons (Fsp3) is 0.333. The molecule has 0 spiro atoms. The van der Waals surface area contributed by atoms with Crippen molar-refractivity contribution < 1.29 is 18.0 Å². The van der Waals surface area contributed by atoms with Gasteiger partial charge in [0.1, 0.15) is 0 Å². The van der Waals surface area contributed by atoms with E-state index in [1.165, 1.54) is 0 Å². The van der Waals surface area contributed by atoms with Crippen LogP contribution in [-0.2, 0) is 4.79 Å². The topological polar surface area (TPSA) is 55.5 Å². The van der Waals surface area contributed by atoms with Crippen molar-refractivity contribution in [2.75, 3.05) is 7.05 Å². The Bertz CT molecular complexity index is 229. The first-order valence-electron chi connectivity index (χ1n) is 2.88. The normalized spacial score (nSPS) is 14.7. The minimum atomic E-state index is -4.64. The Labute approximate surface area is 66.8 Å². The summed E-state index contributed by atoms with van der Waals surface area (Å²) >= 11 is 0. The van der Waals surface area contributed by atoms with Crippen LogP contribution < -0.4 is 5.73 Å². The molecule has 0 heterocycles. The van der Waals surface area contributed by atoms with Gasteiger partial charge in [-0.1, -0.05) is 0 Å². The largest absolute Gasteiger partial charge is 0.433 e. The second-order valence-electron chi connectivity index (χ2n) is 1.81. The predicted octanol–water partition coefficient (Wildman–Crippen LogP) is 0.661. The van der Waals surface area contributed by atoms with E-state index < -0.39 is 17.5 Å². The van der Waals surface area contributed by atoms with E-state index in [2.05, 4.69) is 4.99 Å². The Hall–Kier alpha value is -1.33. The summed E-state index contributed by atoms with van der Waals surface area (Å²) in [6.45, 7) is 0. The summed E-state index contributed by atoms with van der Waals surface area (Å²) in [5.74, 6) is 0. The van der Waals surface area contributed by atoms with Crippen LogP contribution in [-0.4, -0.2) is 25.2 Å². The molecular weight excluding hydrogens is 173 g/mol. The van der Waals surface area contributed by atoms with E-state index in [4.69, 9.17) is 5.73 Å². The highest BCUT2D eigenvalue weighted by atomic mass is 19.4. The number of halogens is 3. The van der Waals surface area contributed by atoms with Gasteiger partial charge >= 0.3 is 6.18 Å². The van der Waals surface area contributed by atoms with Gasteiger partial charge in [0.2, 0.25) is 0 Å². The molecule has 0 aromatic heterocycles. The molecule has 0 aromatic carbocycles. The van der Waals surface area contributed by atoms with Crippen LogP contribution >= 0.6 is 0 Å². The standard InChI is InChI=1S/C6H7F3N2O/c1-11-5(6(7,8)9)4(2-10)3-12/h2-3H,10H2,1H3/b4-2-,11-5+. The van der Waals surface area contributed by atoms with E-state index in [0.29, 0.717) is 6.20 Å². The van der Waals surface area contributed by atoms with Crippen LogP contribution in [0.5, 0.6) is 0 Å². The summed E-state index contributed by atoms with van der Waals surface area (Å²) in [4.78, 5) is 13.0. The summed E-state index contributed by atoms with van der Waals surface area (Å²) in [6.07, 6.45) is -4.06. The van der Waals surface area contributed by atoms with Crippen molar-refractivity contribution in [3.8, 4) is 0 Å². The lowest BCUT2D eigenvalue weighted by Gasteiger charge is -2.07. The third kappa shape index (κ3) is 2.37. The van der Waals surface area contributed by atoms with Gasteiger partial charge in [0.25, 0.3) is 0 Å². The molecule has 0 amide bonds. The van der Waals surface area contributed by atoms with Crippen molar-refractivity contribution >= 4 is 12.0 Å². The molecule has 3 nitrogen and oxygen atoms in total. The first-order valence-corrected chi connectivity index (χ1v) is 2.88. The van der Waals surface area contributed by atoms with E-state index in [-0.39, 0.29) is 6.29 Å². The highest BCUT2D eigenvalue weighted by molar-refractivity contribution is 6.17. The number of hydrogen-bond donors (Lipinski definition) is 1. The van der Waals surface area contributed by atoms with Gasteiger partial charge in [0, 0.05) is 13.2 Å². The molecule has 0 unspecified atom stereocenters. The third-order valence-corrected chi connectivity index (χ3v) is 1.07. The lowest BCUT2D eigenvalue weighted by atomic mass is 10.2. The van der Waals surface area contributed by atoms with Gasteiger partial charge in [0.15, 0.2) is 12.0 Å². The van der Waals surface area contributed by atoms with Crippen molar-refractivity contribution in [2.45, 2.75) is 6.18 Å². The second kappa shape index (κ2) is 3.89. The summed E-state index contributed by atoms with van der Waals surface area (Å²) in [7, 11) is 0.940. The molecule has 0 radical (unpaired) electrons. The number of aldehydes is 1. The predicted molar refractivity (Wildman–Crippen MR) is 37.7 cm³/mol. The molecule has 0 atom stereocenters. The van der Waals surface area contributed by atoms with Gasteiger partial charge in [-0.15, -0.1) is 0 Å². The molecule has 0 aliphatic carbocycles. The monoisotopic (exact) mass is 180 g/mol. The van der Waals surface area contributed by atoms with Crippen molar-refractivity contribution in [2.24, 2.45) is 10.7 Å². The number of alkyl halides is 3. The molecule has 0 saturated heterocycles. The Morgan fingerprint density at radius 2 is 2.00 bits per heavy atom. The minimum Gasteiger partial charge on any atom is -0.404 e. The molecule has 0 rings (SSSR count). The van der Waals surface area contributed by atoms with Crippen LogP contribution in [0.25, 0.3) is 0 Å². The number of allylic oxidation sites excluding steroid dienone is 1. The summed E-state index contributed by atoms with van der Waals surface area (Å²) < 4.78 is 35.9. The molecule has 0 aromatic rings. The van der Waals surface area contributed by atoms with Gasteiger partial charge in [-0.3, -0.25) is 9.79 Å². The SMILES string of the molecule is C/N=C(\C(C=O)=C/N)C(F)(F)F. The fourth-order valence-corrected chi connectivity index (χ4v) is 0.594. The van der Waals surface area contributed by atoms with E-state index in [9.17, 15) is 18.0 Å². The highest BCUT2D eigenvalue weighted by Crippen LogP contribution is 2.20. The van der Waals surface area contributed by atoms with Crippen LogP contribution in [0.2, 0.25) is 0 Å². The van der Waals surface area contributed by atoms with Crippen molar-refractivity contribution in [3.63, 3.8) is 0 Å². The second-order valence-corrected chi connectivity index (χ2v) is 1.81. The van der Waals surface area contributed by atoms with Crippen LogP contribution in [0.3, 0.4) is 0 Å². The number of nitrogens with zero attached hydrogens (tertiary/aromatic N) is 1. The molecule has 2 N–H and O–H groups in total. The lowest BCUT2D eigenvalue weighted by molar-refractivity contribution is -0.105. The molecule has 12 heavy (non-hydrogen) atoms. The molecular formula is C6H7F3N2O. The van der Waals surface area contributed by atoms with Crippen molar-refractivity contribution in [3.05, 3.63) is 11.8 Å². The molecule has 0 aliphatic rings. The number of hydrogen-bond acceptors (Lipinski definition) is 3. The van der Waals surface area contributed by atoms with Crippen molar-refractivity contribution in [1.29, 1.82) is 0 Å². The number of aliphatic imine (C=N–C) groups is 1. The number of carbonyl (C=O) groups is 1. The van der Waals surface area contributed by atoms with Crippen LogP contribution in [0.15, 0.2) is 16.8 Å². The van der Waals surface area contributed by atoms with Crippen molar-refractivity contribution in [1.82, 2.24) is 0 Å². The number of nitrogens with two attached hydrogens (primary N) is 1. The summed E-state index contributed by atoms with van der Waals surface area (Å²) in [5, 5.41) is 0. The first-order chi connectivity index (χ1) is 5.47.